The van der Waals surface area contributed by atoms with E-state index in [2.05, 4.69) is 27.8 Å². The number of rotatable bonds is 1. The first-order valence-corrected chi connectivity index (χ1v) is 5.33. The van der Waals surface area contributed by atoms with E-state index in [9.17, 15) is 4.39 Å². The molecule has 0 aromatic heterocycles. The van der Waals surface area contributed by atoms with Gasteiger partial charge < -0.3 is 5.11 Å². The smallest absolute Gasteiger partial charge is 0.124 e. The Kier molecular flexibility index (Phi) is 3.90. The number of aliphatic hydroxyl groups is 1. The van der Waals surface area contributed by atoms with Crippen LogP contribution in [0.3, 0.4) is 0 Å². The van der Waals surface area contributed by atoms with Gasteiger partial charge in [-0.3, -0.25) is 0 Å². The second kappa shape index (κ2) is 4.78. The molecule has 0 heterocycles. The molecule has 1 aromatic rings. The molecule has 0 aliphatic heterocycles. The number of hydrogen-bond donors (Lipinski definition) is 1. The van der Waals surface area contributed by atoms with Gasteiger partial charge in [-0.05, 0) is 48.0 Å². The average molecular weight is 271 g/mol. The van der Waals surface area contributed by atoms with Gasteiger partial charge in [-0.25, -0.2) is 4.39 Å². The highest BCUT2D eigenvalue weighted by Crippen LogP contribution is 2.18. The summed E-state index contributed by atoms with van der Waals surface area (Å²) in [5.41, 5.74) is 0.127. The van der Waals surface area contributed by atoms with Crippen LogP contribution in [-0.2, 0) is 0 Å². The molecule has 3 heteroatoms. The Morgan fingerprint density at radius 3 is 2.73 bits per heavy atom. The third-order valence-corrected chi connectivity index (χ3v) is 2.55. The van der Waals surface area contributed by atoms with E-state index in [-0.39, 0.29) is 12.4 Å². The summed E-state index contributed by atoms with van der Waals surface area (Å²) >= 11 is 3.29. The lowest BCUT2D eigenvalue weighted by Gasteiger charge is -2.12. The second-order valence-electron chi connectivity index (χ2n) is 3.92. The molecule has 0 unspecified atom stereocenters. The van der Waals surface area contributed by atoms with Crippen LogP contribution in [0.2, 0.25) is 0 Å². The van der Waals surface area contributed by atoms with Gasteiger partial charge >= 0.3 is 0 Å². The summed E-state index contributed by atoms with van der Waals surface area (Å²) < 4.78 is 13.7. The molecule has 0 aliphatic rings. The molecule has 0 atom stereocenters. The molecule has 0 aliphatic carbocycles. The summed E-state index contributed by atoms with van der Waals surface area (Å²) in [7, 11) is 0. The number of aliphatic hydroxyl groups excluding tert-OH is 1. The van der Waals surface area contributed by atoms with Gasteiger partial charge in [-0.2, -0.15) is 0 Å². The van der Waals surface area contributed by atoms with Gasteiger partial charge in [-0.1, -0.05) is 11.8 Å². The minimum absolute atomic E-state index is 0.0209. The van der Waals surface area contributed by atoms with Crippen molar-refractivity contribution >= 4 is 15.9 Å². The fraction of sp³-hybridized carbons (Fsp3) is 0.333. The van der Waals surface area contributed by atoms with E-state index in [0.29, 0.717) is 5.56 Å². The van der Waals surface area contributed by atoms with Gasteiger partial charge in [0.25, 0.3) is 0 Å². The van der Waals surface area contributed by atoms with E-state index in [1.54, 1.807) is 6.07 Å². The van der Waals surface area contributed by atoms with Crippen molar-refractivity contribution in [1.82, 2.24) is 0 Å². The molecular weight excluding hydrogens is 259 g/mol. The predicted molar refractivity (Wildman–Crippen MR) is 61.8 cm³/mol. The fourth-order valence-electron chi connectivity index (χ4n) is 0.869. The molecule has 0 amide bonds. The summed E-state index contributed by atoms with van der Waals surface area (Å²) in [6.07, 6.45) is 0. The minimum atomic E-state index is -0.467. The molecule has 1 nitrogen and oxygen atoms in total. The quantitative estimate of drug-likeness (QED) is 0.778. The fourth-order valence-corrected chi connectivity index (χ4v) is 1.22. The van der Waals surface area contributed by atoms with E-state index in [4.69, 9.17) is 5.11 Å². The molecule has 1 aromatic carbocycles. The summed E-state index contributed by atoms with van der Waals surface area (Å²) in [6, 6.07) is 4.35. The molecule has 80 valence electrons. The Bertz CT molecular complexity index is 415. The third-order valence-electron chi connectivity index (χ3n) is 1.86. The van der Waals surface area contributed by atoms with Crippen LogP contribution in [-0.4, -0.2) is 11.7 Å². The second-order valence-corrected chi connectivity index (χ2v) is 4.77. The van der Waals surface area contributed by atoms with Crippen LogP contribution in [0.5, 0.6) is 0 Å². The van der Waals surface area contributed by atoms with Crippen molar-refractivity contribution in [3.63, 3.8) is 0 Å². The van der Waals surface area contributed by atoms with E-state index in [0.717, 1.165) is 4.47 Å². The highest BCUT2D eigenvalue weighted by molar-refractivity contribution is 9.10. The molecule has 0 radical (unpaired) electrons. The summed E-state index contributed by atoms with van der Waals surface area (Å²) in [5, 5.41) is 9.01. The summed E-state index contributed by atoms with van der Waals surface area (Å²) in [6.45, 7) is 3.63. The normalized spacial score (nSPS) is 10.7. The van der Waals surface area contributed by atoms with Crippen molar-refractivity contribution in [2.24, 2.45) is 5.41 Å². The zero-order valence-corrected chi connectivity index (χ0v) is 10.2. The van der Waals surface area contributed by atoms with Crippen LogP contribution in [0.1, 0.15) is 19.4 Å². The van der Waals surface area contributed by atoms with Gasteiger partial charge in [0.05, 0.1) is 6.61 Å². The number of hydrogen-bond acceptors (Lipinski definition) is 1. The van der Waals surface area contributed by atoms with Gasteiger partial charge in [0.15, 0.2) is 0 Å². The number of benzene rings is 1. The van der Waals surface area contributed by atoms with Gasteiger partial charge in [-0.15, -0.1) is 0 Å². The monoisotopic (exact) mass is 270 g/mol. The van der Waals surface area contributed by atoms with Crippen molar-refractivity contribution in [3.8, 4) is 11.8 Å². The lowest BCUT2D eigenvalue weighted by Crippen LogP contribution is -2.13. The molecule has 1 N–H and O–H groups in total. The van der Waals surface area contributed by atoms with Crippen LogP contribution in [0, 0.1) is 23.1 Å². The molecule has 0 saturated carbocycles. The summed E-state index contributed by atoms with van der Waals surface area (Å²) in [4.78, 5) is 0. The Balaban J connectivity index is 3.03. The zero-order chi connectivity index (χ0) is 11.5. The van der Waals surface area contributed by atoms with E-state index in [1.165, 1.54) is 12.1 Å². The Hall–Kier alpha value is -0.850. The topological polar surface area (TPSA) is 20.2 Å². The lowest BCUT2D eigenvalue weighted by atomic mass is 9.95. The first-order valence-electron chi connectivity index (χ1n) is 4.54. The molecule has 0 saturated heterocycles. The molecule has 1 rings (SSSR count). The third kappa shape index (κ3) is 3.65. The molecular formula is C12H12BrFO. The average Bonchev–Trinajstić information content (AvgIpc) is 2.20. The van der Waals surface area contributed by atoms with Crippen molar-refractivity contribution in [1.29, 1.82) is 0 Å². The Morgan fingerprint density at radius 1 is 1.47 bits per heavy atom. The molecule has 15 heavy (non-hydrogen) atoms. The Labute approximate surface area is 97.4 Å². The number of halogens is 2. The first-order chi connectivity index (χ1) is 6.94. The minimum Gasteiger partial charge on any atom is -0.395 e. The highest BCUT2D eigenvalue weighted by atomic mass is 79.9. The highest BCUT2D eigenvalue weighted by Gasteiger charge is 2.11. The van der Waals surface area contributed by atoms with Gasteiger partial charge in [0.2, 0.25) is 0 Å². The van der Waals surface area contributed by atoms with E-state index < -0.39 is 5.41 Å². The predicted octanol–water partition coefficient (Wildman–Crippen LogP) is 2.96. The zero-order valence-electron chi connectivity index (χ0n) is 8.64. The molecule has 0 fully saturated rings. The van der Waals surface area contributed by atoms with Crippen molar-refractivity contribution in [3.05, 3.63) is 34.1 Å². The van der Waals surface area contributed by atoms with Crippen LogP contribution in [0.15, 0.2) is 22.7 Å². The van der Waals surface area contributed by atoms with E-state index >= 15 is 0 Å². The van der Waals surface area contributed by atoms with Crippen LogP contribution >= 0.6 is 15.9 Å². The van der Waals surface area contributed by atoms with E-state index in [1.807, 2.05) is 13.8 Å². The van der Waals surface area contributed by atoms with Crippen LogP contribution < -0.4 is 0 Å². The molecule has 0 spiro atoms. The van der Waals surface area contributed by atoms with Crippen molar-refractivity contribution < 1.29 is 9.50 Å². The van der Waals surface area contributed by atoms with Crippen molar-refractivity contribution in [2.45, 2.75) is 13.8 Å². The van der Waals surface area contributed by atoms with Gasteiger partial charge in [0, 0.05) is 15.5 Å². The standard InChI is InChI=1S/C12H12BrFO/c1-12(2,8-15)6-5-9-7-10(14)3-4-11(9)13/h3-4,7,15H,8H2,1-2H3. The first kappa shape index (κ1) is 12.2. The van der Waals surface area contributed by atoms with Gasteiger partial charge in [0.1, 0.15) is 5.82 Å². The lowest BCUT2D eigenvalue weighted by molar-refractivity contribution is 0.206. The molecule has 0 bridgehead atoms. The maximum atomic E-state index is 12.9. The Morgan fingerprint density at radius 2 is 2.13 bits per heavy atom. The maximum absolute atomic E-state index is 12.9. The SMILES string of the molecule is CC(C)(C#Cc1cc(F)ccc1Br)CO. The largest absolute Gasteiger partial charge is 0.395 e. The van der Waals surface area contributed by atoms with Crippen molar-refractivity contribution in [2.75, 3.05) is 6.61 Å². The maximum Gasteiger partial charge on any atom is 0.124 e. The summed E-state index contributed by atoms with van der Waals surface area (Å²) in [5.74, 6) is 5.43. The van der Waals surface area contributed by atoms with Crippen LogP contribution in [0.25, 0.3) is 0 Å². The van der Waals surface area contributed by atoms with Crippen LogP contribution in [0.4, 0.5) is 4.39 Å².